The Bertz CT molecular complexity index is 5360. The molecule has 2 saturated heterocycles. The van der Waals surface area contributed by atoms with Crippen LogP contribution in [0.5, 0.6) is 5.75 Å². The third kappa shape index (κ3) is 35.0. The fourth-order valence-electron chi connectivity index (χ4n) is 16.7. The standard InChI is InChI=1S/C100H140N20O23S/c1-13-14-15-16-17-18-19-20-27-36-80(125)102-41-42-103-89(132)76-54-144-55-82(127)108-73(46-66-50-104-71-35-29-28-34-70(66)71)92(135)115-86(62(8)122)99(142)116(9)53-81(126)109-75(49-83(128)129)97(140)119(12)79(45-64-32-25-22-26-33-64)98(141)118(11)77(44-63-30-23-21-24-31-63)93(136)107-59(5)96(139)117(10)60(6)88(131)110-74(47-67-51-101-56-105-67)90(133)111-72(43-65-37-39-68(123)40-38-65)91(134)114-85(61(7)121)95(138)113-84(57(2)3)100(143)120-52-69(124)48-78(120)94(137)106-58(4)87(130)112-76/h21-26,28-35,37-40,50-51,56-62,69,72-79,84-86,104,121-124H,13-20,27,36,41-49,52-55H2,1-12H3,(H,101,105)(H,102,125)(H,103,132)(H,106,137)(H,107,136)(H,108,127)(H,109,126)(H,110,131)(H,111,133)(H,112,130)(H,113,138)(H,114,134)(H,115,135)(H,128,129)/t58-,59-,60-,61+,62+,69+,72-,73-,74-,75-,76-,77-,78-,79-,84-,85-,86-/m0/s1. The molecule has 0 spiro atoms. The van der Waals surface area contributed by atoms with Crippen molar-refractivity contribution in [3.63, 3.8) is 0 Å². The van der Waals surface area contributed by atoms with E-state index in [9.17, 15) is 92.7 Å². The molecule has 0 unspecified atom stereocenters. The number of hydrogen-bond acceptors (Lipinski definition) is 24. The number of imidazole rings is 1. The molecule has 19 N–H and O–H groups in total. The maximum atomic E-state index is 15.6. The number of hydrogen-bond donors (Lipinski definition) is 19. The number of nitrogens with one attached hydrogen (secondary N) is 14. The second-order valence-corrected chi connectivity index (χ2v) is 38.2. The van der Waals surface area contributed by atoms with Crippen molar-refractivity contribution in [3.8, 4) is 5.75 Å². The van der Waals surface area contributed by atoms with Crippen LogP contribution in [0, 0.1) is 5.92 Å². The van der Waals surface area contributed by atoms with Crippen LogP contribution < -0.4 is 63.8 Å². The smallest absolute Gasteiger partial charge is 0.305 e. The zero-order chi connectivity index (χ0) is 106. The molecule has 4 heterocycles. The van der Waals surface area contributed by atoms with E-state index in [1.807, 2.05) is 0 Å². The predicted molar refractivity (Wildman–Crippen MR) is 532 cm³/mol. The SMILES string of the molecule is CCCCCCCCCCCC(=O)NCCNC(=O)[C@@H]1CSCC(=O)N[C@@H](Cc2c[nH]c3ccccc23)C(=O)N[C@@H]([C@@H](C)O)C(=O)N(C)CC(=O)N[C@@H](CC(=O)O)C(=O)N(C)[C@@H](Cc2ccccc2)C(=O)N(C)[C@@H](Cc2ccccc2)C(=O)N[C@@H](C)C(=O)N(C)[C@@H](C)C(=O)N[C@@H](Cc2cnc[nH]2)C(=O)N[C@@H](Cc2ccc(O)cc2)C(=O)N[C@@H]([C@@H](C)O)C(=O)N[C@@H](C(C)C)C(=O)N2C[C@H](O)C[C@H]2C(=O)N[C@@H](C)C(=O)N1. The van der Waals surface area contributed by atoms with E-state index in [0.717, 1.165) is 95.7 Å². The zero-order valence-corrected chi connectivity index (χ0v) is 84.3. The molecule has 2 aliphatic rings. The lowest BCUT2D eigenvalue weighted by Gasteiger charge is -2.36. The van der Waals surface area contributed by atoms with Gasteiger partial charge in [0, 0.05) is 128 Å². The first-order valence-electron chi connectivity index (χ1n) is 48.6. The molecule has 8 rings (SSSR count). The Morgan fingerprint density at radius 2 is 1.03 bits per heavy atom. The number of unbranched alkanes of at least 4 members (excludes halogenated alkanes) is 8. The number of rotatable bonds is 29. The zero-order valence-electron chi connectivity index (χ0n) is 83.5. The number of phenols is 1. The van der Waals surface area contributed by atoms with Gasteiger partial charge in [0.05, 0.1) is 43.4 Å². The Morgan fingerprint density at radius 1 is 0.493 bits per heavy atom. The minimum atomic E-state index is -1.99. The van der Waals surface area contributed by atoms with Crippen molar-refractivity contribution < 1.29 is 112 Å². The number of aliphatic hydroxyl groups excluding tert-OH is 3. The average molecular weight is 2020 g/mol. The number of para-hydroxylation sites is 1. The van der Waals surface area contributed by atoms with Gasteiger partial charge in [0.2, 0.25) is 100 Å². The van der Waals surface area contributed by atoms with Gasteiger partial charge in [-0.15, -0.1) is 11.8 Å². The number of H-pyrrole nitrogens is 2. The number of carboxylic acid groups (broad SMARTS) is 1. The molecule has 2 fully saturated rings. The first kappa shape index (κ1) is 115. The molecule has 0 bridgehead atoms. The summed E-state index contributed by atoms with van der Waals surface area (Å²) in [5.41, 5.74) is 2.69. The van der Waals surface area contributed by atoms with Crippen molar-refractivity contribution in [2.45, 2.75) is 267 Å². The van der Waals surface area contributed by atoms with Crippen molar-refractivity contribution in [1.29, 1.82) is 0 Å². The van der Waals surface area contributed by atoms with Gasteiger partial charge in [-0.3, -0.25) is 86.3 Å². The second-order valence-electron chi connectivity index (χ2n) is 37.1. The molecule has 6 aromatic rings. The highest BCUT2D eigenvalue weighted by atomic mass is 32.2. The Balaban J connectivity index is 1.13. The lowest BCUT2D eigenvalue weighted by Crippen LogP contribution is -2.63. The summed E-state index contributed by atoms with van der Waals surface area (Å²) in [7, 11) is 4.78. The largest absolute Gasteiger partial charge is 0.508 e. The van der Waals surface area contributed by atoms with Gasteiger partial charge in [0.1, 0.15) is 90.3 Å². The summed E-state index contributed by atoms with van der Waals surface area (Å²) in [4.78, 5) is 277. The van der Waals surface area contributed by atoms with Crippen LogP contribution >= 0.6 is 11.8 Å². The maximum absolute atomic E-state index is 15.6. The topological polar surface area (TPSA) is 613 Å². The molecular weight excluding hydrogens is 1880 g/mol. The molecule has 43 nitrogen and oxygen atoms in total. The summed E-state index contributed by atoms with van der Waals surface area (Å²) < 4.78 is 0. The molecule has 2 aliphatic heterocycles. The molecule has 17 amide bonds. The number of amides is 17. The number of carboxylic acids is 1. The third-order valence-corrected chi connectivity index (χ3v) is 26.3. The van der Waals surface area contributed by atoms with Gasteiger partial charge < -0.3 is 124 Å². The third-order valence-electron chi connectivity index (χ3n) is 25.3. The fraction of sp³-hybridized carbons (Fsp3) is 0.530. The number of aromatic hydroxyl groups is 1. The highest BCUT2D eigenvalue weighted by Gasteiger charge is 2.46. The molecule has 0 radical (unpaired) electrons. The Labute approximate surface area is 840 Å². The molecule has 2 aromatic heterocycles. The van der Waals surface area contributed by atoms with Gasteiger partial charge in [0.15, 0.2) is 0 Å². The molecule has 4 aromatic carbocycles. The van der Waals surface area contributed by atoms with Crippen LogP contribution in [0.2, 0.25) is 0 Å². The monoisotopic (exact) mass is 2020 g/mol. The minimum absolute atomic E-state index is 0.0367. The Hall–Kier alpha value is -13.9. The average Bonchev–Trinajstić information content (AvgIpc) is 1.12. The fourth-order valence-corrected chi connectivity index (χ4v) is 17.6. The first-order valence-corrected chi connectivity index (χ1v) is 49.7. The Morgan fingerprint density at radius 3 is 1.65 bits per heavy atom. The maximum Gasteiger partial charge on any atom is 0.305 e. The van der Waals surface area contributed by atoms with Gasteiger partial charge in [-0.1, -0.05) is 163 Å². The number of phenolic OH excluding ortho intramolecular Hbond substituents is 1. The van der Waals surface area contributed by atoms with E-state index in [1.165, 1.54) is 105 Å². The summed E-state index contributed by atoms with van der Waals surface area (Å²) in [5, 5.41) is 86.4. The highest BCUT2D eigenvalue weighted by Crippen LogP contribution is 2.26. The number of nitrogens with zero attached hydrogens (tertiary/aromatic N) is 6. The molecule has 784 valence electrons. The number of aliphatic carboxylic acids is 1. The number of aliphatic hydroxyl groups is 3. The van der Waals surface area contributed by atoms with Crippen molar-refractivity contribution in [2.75, 3.05) is 65.9 Å². The van der Waals surface area contributed by atoms with Crippen LogP contribution in [0.25, 0.3) is 10.9 Å². The van der Waals surface area contributed by atoms with Gasteiger partial charge in [-0.05, 0) is 87.4 Å². The van der Waals surface area contributed by atoms with Crippen LogP contribution in [-0.2, 0) is 118 Å². The van der Waals surface area contributed by atoms with Gasteiger partial charge in [-0.25, -0.2) is 4.98 Å². The summed E-state index contributed by atoms with van der Waals surface area (Å²) >= 11 is 0.801. The number of likely N-dealkylation sites (N-methyl/N-ethyl adjacent to an activating group) is 4. The Kier molecular flexibility index (Phi) is 45.5. The number of carbonyl (C=O) groups excluding carboxylic acids is 17. The summed E-state index contributed by atoms with van der Waals surface area (Å²) in [6.45, 7) is 9.74. The van der Waals surface area contributed by atoms with E-state index in [0.29, 0.717) is 39.6 Å². The van der Waals surface area contributed by atoms with Gasteiger partial charge >= 0.3 is 5.97 Å². The summed E-state index contributed by atoms with van der Waals surface area (Å²) in [6, 6.07) is 6.05. The lowest BCUT2D eigenvalue weighted by molar-refractivity contribution is -0.150. The second kappa shape index (κ2) is 56.8. The number of carbonyl (C=O) groups is 18. The molecular formula is C100H140N20O23S. The molecule has 17 atom stereocenters. The van der Waals surface area contributed by atoms with E-state index in [-0.39, 0.29) is 74.7 Å². The lowest BCUT2D eigenvalue weighted by atomic mass is 9.99. The quantitative estimate of drug-likeness (QED) is 0.0268. The highest BCUT2D eigenvalue weighted by molar-refractivity contribution is 8.00. The molecule has 44 heteroatoms. The molecule has 144 heavy (non-hydrogen) atoms. The van der Waals surface area contributed by atoms with Crippen molar-refractivity contribution in [3.05, 3.63) is 156 Å². The van der Waals surface area contributed by atoms with Crippen molar-refractivity contribution in [1.82, 2.24) is 103 Å². The molecule has 0 saturated carbocycles. The normalized spacial score (nSPS) is 24.2. The van der Waals surface area contributed by atoms with E-state index >= 15 is 19.2 Å². The number of aromatic nitrogens is 3. The van der Waals surface area contributed by atoms with E-state index in [4.69, 9.17) is 0 Å². The minimum Gasteiger partial charge on any atom is -0.508 e. The predicted octanol–water partition coefficient (Wildman–Crippen LogP) is -0.289. The summed E-state index contributed by atoms with van der Waals surface area (Å²) in [6.07, 6.45) is 5.85. The van der Waals surface area contributed by atoms with E-state index in [1.54, 1.807) is 91.1 Å². The van der Waals surface area contributed by atoms with E-state index in [2.05, 4.69) is 85.7 Å². The number of fused-ring (bicyclic) bond motifs is 2. The number of benzene rings is 4. The van der Waals surface area contributed by atoms with Crippen LogP contribution in [0.4, 0.5) is 0 Å². The van der Waals surface area contributed by atoms with Crippen LogP contribution in [0.1, 0.15) is 160 Å². The van der Waals surface area contributed by atoms with E-state index < -0.39 is 241 Å². The van der Waals surface area contributed by atoms with Crippen LogP contribution in [-0.4, -0.2) is 340 Å². The van der Waals surface area contributed by atoms with Crippen LogP contribution in [0.3, 0.4) is 0 Å². The van der Waals surface area contributed by atoms with Gasteiger partial charge in [-0.2, -0.15) is 0 Å². The number of aromatic amines is 2. The van der Waals surface area contributed by atoms with Crippen LogP contribution in [0.15, 0.2) is 128 Å². The first-order chi connectivity index (χ1) is 68.4. The summed E-state index contributed by atoms with van der Waals surface area (Å²) in [5.74, 6) is -19.8. The van der Waals surface area contributed by atoms with Crippen molar-refractivity contribution >= 4 is 129 Å². The molecule has 0 aliphatic carbocycles. The number of thioether (sulfide) groups is 1. The van der Waals surface area contributed by atoms with Gasteiger partial charge in [0.25, 0.3) is 0 Å². The van der Waals surface area contributed by atoms with Crippen molar-refractivity contribution in [2.24, 2.45) is 5.92 Å².